The number of rotatable bonds is 7. The maximum atomic E-state index is 12.2. The highest BCUT2D eigenvalue weighted by Gasteiger charge is 2.18. The summed E-state index contributed by atoms with van der Waals surface area (Å²) >= 11 is 0. The Morgan fingerprint density at radius 1 is 1.23 bits per heavy atom. The van der Waals surface area contributed by atoms with Crippen LogP contribution in [0.4, 0.5) is 14.6 Å². The lowest BCUT2D eigenvalue weighted by atomic mass is 10.0. The van der Waals surface area contributed by atoms with Crippen LogP contribution in [-0.4, -0.2) is 30.4 Å². The largest absolute Gasteiger partial charge is 0.266 e. The average Bonchev–Trinajstić information content (AvgIpc) is 2.84. The summed E-state index contributed by atoms with van der Waals surface area (Å²) in [6.07, 6.45) is -1.23. The van der Waals surface area contributed by atoms with Crippen molar-refractivity contribution in [2.24, 2.45) is 0 Å². The zero-order valence-electron chi connectivity index (χ0n) is 12.0. The number of benzene rings is 1. The Hall–Kier alpha value is -1.96. The Morgan fingerprint density at radius 3 is 2.55 bits per heavy atom. The van der Waals surface area contributed by atoms with Gasteiger partial charge in [-0.05, 0) is 11.5 Å². The maximum Gasteiger partial charge on any atom is 0.257 e. The molecule has 0 saturated carbocycles. The van der Waals surface area contributed by atoms with Crippen molar-refractivity contribution in [3.05, 3.63) is 48.2 Å². The Morgan fingerprint density at radius 2 is 1.91 bits per heavy atom. The first kappa shape index (κ1) is 16.4. The van der Waals surface area contributed by atoms with E-state index in [0.717, 1.165) is 10.2 Å². The summed E-state index contributed by atoms with van der Waals surface area (Å²) in [6.45, 7) is 1.24. The molecule has 0 saturated heterocycles. The van der Waals surface area contributed by atoms with E-state index in [0.29, 0.717) is 0 Å². The summed E-state index contributed by atoms with van der Waals surface area (Å²) in [7, 11) is -3.61. The Labute approximate surface area is 128 Å². The molecule has 1 N–H and O–H groups in total. The van der Waals surface area contributed by atoms with Crippen molar-refractivity contribution < 1.29 is 17.2 Å². The minimum absolute atomic E-state index is 0.0425. The summed E-state index contributed by atoms with van der Waals surface area (Å²) in [4.78, 5) is 0. The number of nitrogens with one attached hydrogen (secondary N) is 1. The molecular formula is C14H17F2N3O2S. The predicted molar refractivity (Wildman–Crippen MR) is 80.5 cm³/mol. The lowest BCUT2D eigenvalue weighted by Gasteiger charge is -2.12. The van der Waals surface area contributed by atoms with E-state index in [2.05, 4.69) is 9.82 Å². The second-order valence-electron chi connectivity index (χ2n) is 5.01. The van der Waals surface area contributed by atoms with E-state index in [1.54, 1.807) is 0 Å². The highest BCUT2D eigenvalue weighted by molar-refractivity contribution is 7.92. The number of nitrogens with zero attached hydrogens (tertiary/aromatic N) is 2. The van der Waals surface area contributed by atoms with Crippen LogP contribution in [-0.2, 0) is 16.6 Å². The van der Waals surface area contributed by atoms with Gasteiger partial charge in [0.25, 0.3) is 6.43 Å². The second-order valence-corrected chi connectivity index (χ2v) is 6.78. The van der Waals surface area contributed by atoms with Crippen LogP contribution in [0.5, 0.6) is 0 Å². The van der Waals surface area contributed by atoms with E-state index in [4.69, 9.17) is 0 Å². The van der Waals surface area contributed by atoms with Gasteiger partial charge in [0, 0.05) is 12.3 Å². The van der Waals surface area contributed by atoms with Gasteiger partial charge in [-0.15, -0.1) is 0 Å². The summed E-state index contributed by atoms with van der Waals surface area (Å²) in [5.74, 6) is -0.263. The molecule has 1 atom stereocenters. The molecule has 1 aromatic carbocycles. The first-order valence-electron chi connectivity index (χ1n) is 6.73. The van der Waals surface area contributed by atoms with Gasteiger partial charge >= 0.3 is 0 Å². The van der Waals surface area contributed by atoms with Gasteiger partial charge in [-0.2, -0.15) is 5.10 Å². The molecule has 0 unspecified atom stereocenters. The zero-order chi connectivity index (χ0) is 16.2. The van der Waals surface area contributed by atoms with E-state index in [9.17, 15) is 17.2 Å². The van der Waals surface area contributed by atoms with Crippen molar-refractivity contribution in [3.8, 4) is 0 Å². The lowest BCUT2D eigenvalue weighted by Crippen LogP contribution is -2.21. The van der Waals surface area contributed by atoms with E-state index in [-0.39, 0.29) is 17.5 Å². The van der Waals surface area contributed by atoms with Crippen LogP contribution in [0, 0.1) is 0 Å². The summed E-state index contributed by atoms with van der Waals surface area (Å²) in [6, 6.07) is 10.6. The topological polar surface area (TPSA) is 64.0 Å². The van der Waals surface area contributed by atoms with Crippen molar-refractivity contribution >= 4 is 15.8 Å². The van der Waals surface area contributed by atoms with Gasteiger partial charge < -0.3 is 0 Å². The molecule has 2 aromatic rings. The molecule has 0 bridgehead atoms. The third-order valence-corrected chi connectivity index (χ3v) is 4.52. The zero-order valence-corrected chi connectivity index (χ0v) is 12.8. The van der Waals surface area contributed by atoms with Crippen molar-refractivity contribution in [2.45, 2.75) is 25.8 Å². The van der Waals surface area contributed by atoms with Crippen LogP contribution in [0.2, 0.25) is 0 Å². The van der Waals surface area contributed by atoms with Gasteiger partial charge in [-0.25, -0.2) is 17.2 Å². The van der Waals surface area contributed by atoms with Crippen LogP contribution >= 0.6 is 0 Å². The van der Waals surface area contributed by atoms with E-state index in [1.807, 2.05) is 37.3 Å². The van der Waals surface area contributed by atoms with Crippen LogP contribution < -0.4 is 4.72 Å². The first-order valence-corrected chi connectivity index (χ1v) is 8.38. The molecule has 2 rings (SSSR count). The number of aromatic nitrogens is 2. The Bertz CT molecular complexity index is 702. The fraction of sp³-hybridized carbons (Fsp3) is 0.357. The first-order chi connectivity index (χ1) is 10.4. The van der Waals surface area contributed by atoms with Gasteiger partial charge in [0.15, 0.2) is 5.82 Å². The van der Waals surface area contributed by atoms with Gasteiger partial charge in [0.1, 0.15) is 6.54 Å². The SMILES string of the molecule is C[C@H](CS(=O)(=O)Nc1ccn(CC(F)F)n1)c1ccccc1. The fourth-order valence-electron chi connectivity index (χ4n) is 2.07. The van der Waals surface area contributed by atoms with Crippen molar-refractivity contribution in [1.82, 2.24) is 9.78 Å². The maximum absolute atomic E-state index is 12.2. The van der Waals surface area contributed by atoms with Gasteiger partial charge in [-0.1, -0.05) is 37.3 Å². The smallest absolute Gasteiger partial charge is 0.257 e. The van der Waals surface area contributed by atoms with Crippen molar-refractivity contribution in [1.29, 1.82) is 0 Å². The molecule has 0 aliphatic heterocycles. The molecular weight excluding hydrogens is 312 g/mol. The van der Waals surface area contributed by atoms with Crippen LogP contribution in [0.3, 0.4) is 0 Å². The molecule has 120 valence electrons. The van der Waals surface area contributed by atoms with Gasteiger partial charge in [-0.3, -0.25) is 9.40 Å². The summed E-state index contributed by atoms with van der Waals surface area (Å²) < 4.78 is 52.0. The molecule has 0 fully saturated rings. The molecule has 0 spiro atoms. The van der Waals surface area contributed by atoms with Gasteiger partial charge in [0.05, 0.1) is 5.75 Å². The Balaban J connectivity index is 2.00. The quantitative estimate of drug-likeness (QED) is 0.849. The molecule has 22 heavy (non-hydrogen) atoms. The van der Waals surface area contributed by atoms with Crippen molar-refractivity contribution in [2.75, 3.05) is 10.5 Å². The summed E-state index contributed by atoms with van der Waals surface area (Å²) in [5, 5.41) is 3.76. The molecule has 0 amide bonds. The molecule has 5 nitrogen and oxygen atoms in total. The molecule has 1 aromatic heterocycles. The fourth-order valence-corrected chi connectivity index (χ4v) is 3.43. The third-order valence-electron chi connectivity index (χ3n) is 3.06. The molecule has 1 heterocycles. The highest BCUT2D eigenvalue weighted by atomic mass is 32.2. The van der Waals surface area contributed by atoms with E-state index in [1.165, 1.54) is 12.3 Å². The standard InChI is InChI=1S/C14H17F2N3O2S/c1-11(12-5-3-2-4-6-12)10-22(20,21)18-14-7-8-19(17-14)9-13(15)16/h2-8,11,13H,9-10H2,1H3,(H,17,18)/t11-/m1/s1. The number of halogens is 2. The number of hydrogen-bond acceptors (Lipinski definition) is 3. The van der Waals surface area contributed by atoms with E-state index < -0.39 is 23.0 Å². The van der Waals surface area contributed by atoms with Crippen LogP contribution in [0.15, 0.2) is 42.6 Å². The minimum Gasteiger partial charge on any atom is -0.266 e. The highest BCUT2D eigenvalue weighted by Crippen LogP contribution is 2.18. The normalized spacial score (nSPS) is 13.3. The van der Waals surface area contributed by atoms with Crippen LogP contribution in [0.25, 0.3) is 0 Å². The molecule has 0 aliphatic rings. The predicted octanol–water partition coefficient (Wildman–Crippen LogP) is 2.69. The molecule has 0 radical (unpaired) electrons. The second kappa shape index (κ2) is 6.87. The third kappa shape index (κ3) is 4.80. The summed E-state index contributed by atoms with van der Waals surface area (Å²) in [5.41, 5.74) is 0.913. The lowest BCUT2D eigenvalue weighted by molar-refractivity contribution is 0.122. The number of sulfonamides is 1. The number of hydrogen-bond donors (Lipinski definition) is 1. The monoisotopic (exact) mass is 329 g/mol. The Kier molecular flexibility index (Phi) is 5.12. The van der Waals surface area contributed by atoms with Crippen molar-refractivity contribution in [3.63, 3.8) is 0 Å². The van der Waals surface area contributed by atoms with Gasteiger partial charge in [0.2, 0.25) is 10.0 Å². The number of anilines is 1. The number of alkyl halides is 2. The minimum atomic E-state index is -3.61. The van der Waals surface area contributed by atoms with Crippen LogP contribution in [0.1, 0.15) is 18.4 Å². The average molecular weight is 329 g/mol. The molecule has 8 heteroatoms. The molecule has 0 aliphatic carbocycles. The van der Waals surface area contributed by atoms with E-state index >= 15 is 0 Å².